The summed E-state index contributed by atoms with van der Waals surface area (Å²) in [6.45, 7) is 2.19. The minimum absolute atomic E-state index is 0.303. The number of aliphatic hydroxyl groups excluding tert-OH is 1. The molecule has 1 aliphatic rings. The quantitative estimate of drug-likeness (QED) is 0.884. The van der Waals surface area contributed by atoms with Gasteiger partial charge in [-0.3, -0.25) is 0 Å². The van der Waals surface area contributed by atoms with E-state index in [4.69, 9.17) is 4.42 Å². The monoisotopic (exact) mass is 338 g/mol. The Labute approximate surface area is 125 Å². The Hall–Kier alpha value is -1.13. The number of hydrogen-bond acceptors (Lipinski definition) is 2. The van der Waals surface area contributed by atoms with Crippen LogP contribution in [0.2, 0.25) is 0 Å². The standard InChI is InChI=1S/C16H16BrFO2/c1-9-6-12(9)15-4-5-16(20-15)14(19)8-10-7-11(18)2-3-13(10)17/h2-5,7,9,12,14,19H,6,8H2,1H3. The number of benzene rings is 1. The van der Waals surface area contributed by atoms with Crippen LogP contribution in [0, 0.1) is 11.7 Å². The molecular formula is C16H16BrFO2. The van der Waals surface area contributed by atoms with Gasteiger partial charge in [0, 0.05) is 16.8 Å². The highest BCUT2D eigenvalue weighted by Gasteiger charge is 2.36. The van der Waals surface area contributed by atoms with E-state index in [1.54, 1.807) is 6.07 Å². The van der Waals surface area contributed by atoms with Crippen molar-refractivity contribution >= 4 is 15.9 Å². The lowest BCUT2D eigenvalue weighted by atomic mass is 10.1. The molecule has 0 bridgehead atoms. The molecule has 0 spiro atoms. The Morgan fingerprint density at radius 3 is 2.85 bits per heavy atom. The van der Waals surface area contributed by atoms with E-state index in [9.17, 15) is 9.50 Å². The predicted octanol–water partition coefficient (Wildman–Crippen LogP) is 4.58. The highest BCUT2D eigenvalue weighted by molar-refractivity contribution is 9.10. The largest absolute Gasteiger partial charge is 0.463 e. The van der Waals surface area contributed by atoms with Crippen LogP contribution >= 0.6 is 15.9 Å². The molecule has 1 aromatic heterocycles. The second-order valence-corrected chi connectivity index (χ2v) is 6.37. The van der Waals surface area contributed by atoms with Crippen LogP contribution in [0.1, 0.15) is 42.5 Å². The summed E-state index contributed by atoms with van der Waals surface area (Å²) < 4.78 is 19.8. The predicted molar refractivity (Wildman–Crippen MR) is 78.0 cm³/mol. The van der Waals surface area contributed by atoms with Crippen LogP contribution in [0.4, 0.5) is 4.39 Å². The maximum atomic E-state index is 13.2. The lowest BCUT2D eigenvalue weighted by Gasteiger charge is -2.10. The molecule has 0 amide bonds. The molecule has 3 unspecified atom stereocenters. The van der Waals surface area contributed by atoms with Gasteiger partial charge in [-0.05, 0) is 48.2 Å². The zero-order chi connectivity index (χ0) is 14.3. The highest BCUT2D eigenvalue weighted by Crippen LogP contribution is 2.47. The summed E-state index contributed by atoms with van der Waals surface area (Å²) in [5.74, 6) is 2.36. The van der Waals surface area contributed by atoms with E-state index >= 15 is 0 Å². The molecule has 0 saturated heterocycles. The second-order valence-electron chi connectivity index (χ2n) is 5.52. The molecule has 3 rings (SSSR count). The van der Waals surface area contributed by atoms with Crippen LogP contribution in [0.25, 0.3) is 0 Å². The van der Waals surface area contributed by atoms with E-state index < -0.39 is 6.10 Å². The van der Waals surface area contributed by atoms with Gasteiger partial charge in [-0.25, -0.2) is 4.39 Å². The normalized spacial score (nSPS) is 22.8. The van der Waals surface area contributed by atoms with Crippen LogP contribution < -0.4 is 0 Å². The van der Waals surface area contributed by atoms with Crippen LogP contribution in [-0.2, 0) is 6.42 Å². The fourth-order valence-corrected chi connectivity index (χ4v) is 2.88. The summed E-state index contributed by atoms with van der Waals surface area (Å²) in [6, 6.07) is 8.22. The second kappa shape index (κ2) is 5.34. The molecule has 1 aliphatic carbocycles. The minimum Gasteiger partial charge on any atom is -0.463 e. The molecule has 1 aromatic carbocycles. The first kappa shape index (κ1) is 13.8. The van der Waals surface area contributed by atoms with Crippen molar-refractivity contribution in [3.8, 4) is 0 Å². The van der Waals surface area contributed by atoms with Gasteiger partial charge >= 0.3 is 0 Å². The van der Waals surface area contributed by atoms with Gasteiger partial charge < -0.3 is 9.52 Å². The average Bonchev–Trinajstić information content (AvgIpc) is 2.95. The fraction of sp³-hybridized carbons (Fsp3) is 0.375. The van der Waals surface area contributed by atoms with E-state index in [-0.39, 0.29) is 5.82 Å². The maximum Gasteiger partial charge on any atom is 0.133 e. The molecule has 106 valence electrons. The minimum atomic E-state index is -0.754. The summed E-state index contributed by atoms with van der Waals surface area (Å²) in [5, 5.41) is 10.2. The third kappa shape index (κ3) is 2.81. The van der Waals surface area contributed by atoms with Gasteiger partial charge in [0.25, 0.3) is 0 Å². The van der Waals surface area contributed by atoms with E-state index in [0.29, 0.717) is 24.0 Å². The molecule has 4 heteroatoms. The number of furan rings is 1. The SMILES string of the molecule is CC1CC1c1ccc(C(O)Cc2cc(F)ccc2Br)o1. The van der Waals surface area contributed by atoms with Gasteiger partial charge in [0.2, 0.25) is 0 Å². The lowest BCUT2D eigenvalue weighted by molar-refractivity contribution is 0.148. The Balaban J connectivity index is 1.74. The van der Waals surface area contributed by atoms with Crippen LogP contribution in [0.3, 0.4) is 0 Å². The Kier molecular flexibility index (Phi) is 3.69. The third-order valence-corrected chi connectivity index (χ3v) is 4.65. The molecule has 1 fully saturated rings. The summed E-state index contributed by atoms with van der Waals surface area (Å²) in [5.41, 5.74) is 0.732. The summed E-state index contributed by atoms with van der Waals surface area (Å²) in [4.78, 5) is 0. The topological polar surface area (TPSA) is 33.4 Å². The number of hydrogen-bond donors (Lipinski definition) is 1. The Bertz CT molecular complexity index is 623. The Morgan fingerprint density at radius 2 is 2.15 bits per heavy atom. The first-order chi connectivity index (χ1) is 9.54. The van der Waals surface area contributed by atoms with Crippen molar-refractivity contribution in [1.82, 2.24) is 0 Å². The van der Waals surface area contributed by atoms with E-state index in [2.05, 4.69) is 22.9 Å². The third-order valence-electron chi connectivity index (χ3n) is 3.87. The molecule has 3 atom stereocenters. The van der Waals surface area contributed by atoms with E-state index in [1.807, 2.05) is 12.1 Å². The zero-order valence-corrected chi connectivity index (χ0v) is 12.7. The average molecular weight is 339 g/mol. The summed E-state index contributed by atoms with van der Waals surface area (Å²) >= 11 is 3.37. The number of rotatable bonds is 4. The smallest absolute Gasteiger partial charge is 0.133 e. The van der Waals surface area contributed by atoms with Gasteiger partial charge in [0.05, 0.1) is 0 Å². The van der Waals surface area contributed by atoms with Crippen molar-refractivity contribution < 1.29 is 13.9 Å². The maximum absolute atomic E-state index is 13.2. The van der Waals surface area contributed by atoms with Crippen molar-refractivity contribution in [1.29, 1.82) is 0 Å². The van der Waals surface area contributed by atoms with Gasteiger partial charge in [-0.2, -0.15) is 0 Å². The Morgan fingerprint density at radius 1 is 1.40 bits per heavy atom. The van der Waals surface area contributed by atoms with E-state index in [1.165, 1.54) is 12.1 Å². The first-order valence-corrected chi connectivity index (χ1v) is 7.55. The molecule has 1 heterocycles. The fourth-order valence-electron chi connectivity index (χ4n) is 2.47. The van der Waals surface area contributed by atoms with Crippen molar-refractivity contribution in [2.75, 3.05) is 0 Å². The molecule has 2 aromatic rings. The lowest BCUT2D eigenvalue weighted by Crippen LogP contribution is -2.01. The molecule has 1 N–H and O–H groups in total. The molecule has 20 heavy (non-hydrogen) atoms. The summed E-state index contributed by atoms with van der Waals surface area (Å²) in [7, 11) is 0. The number of aliphatic hydroxyl groups is 1. The molecule has 1 saturated carbocycles. The van der Waals surface area contributed by atoms with Crippen molar-refractivity contribution in [2.24, 2.45) is 5.92 Å². The molecule has 0 aliphatic heterocycles. The highest BCUT2D eigenvalue weighted by atomic mass is 79.9. The van der Waals surface area contributed by atoms with Crippen molar-refractivity contribution in [3.63, 3.8) is 0 Å². The van der Waals surface area contributed by atoms with Crippen LogP contribution in [-0.4, -0.2) is 5.11 Å². The molecule has 2 nitrogen and oxygen atoms in total. The molecule has 0 radical (unpaired) electrons. The molecular weight excluding hydrogens is 323 g/mol. The van der Waals surface area contributed by atoms with Crippen molar-refractivity contribution in [2.45, 2.75) is 31.8 Å². The van der Waals surface area contributed by atoms with Gasteiger partial charge in [0.1, 0.15) is 23.4 Å². The van der Waals surface area contributed by atoms with Gasteiger partial charge in [0.15, 0.2) is 0 Å². The van der Waals surface area contributed by atoms with Crippen LogP contribution in [0.15, 0.2) is 39.2 Å². The van der Waals surface area contributed by atoms with E-state index in [0.717, 1.165) is 22.2 Å². The van der Waals surface area contributed by atoms with Crippen LogP contribution in [0.5, 0.6) is 0 Å². The van der Waals surface area contributed by atoms with Gasteiger partial charge in [-0.15, -0.1) is 0 Å². The van der Waals surface area contributed by atoms with Gasteiger partial charge in [-0.1, -0.05) is 22.9 Å². The summed E-state index contributed by atoms with van der Waals surface area (Å²) in [6.07, 6.45) is 0.722. The number of halogens is 2. The van der Waals surface area contributed by atoms with Crippen molar-refractivity contribution in [3.05, 3.63) is 57.7 Å². The first-order valence-electron chi connectivity index (χ1n) is 6.76. The zero-order valence-electron chi connectivity index (χ0n) is 11.1.